The van der Waals surface area contributed by atoms with Crippen molar-refractivity contribution in [3.05, 3.63) is 35.6 Å². The summed E-state index contributed by atoms with van der Waals surface area (Å²) < 4.78 is 50.6. The maximum absolute atomic E-state index is 13.0. The van der Waals surface area contributed by atoms with Gasteiger partial charge in [0, 0.05) is 19.0 Å². The summed E-state index contributed by atoms with van der Waals surface area (Å²) in [5.41, 5.74) is 0.569. The molecule has 2 rings (SSSR count). The topological polar surface area (TPSA) is 69.6 Å². The van der Waals surface area contributed by atoms with Crippen LogP contribution < -0.4 is 5.32 Å². The maximum Gasteiger partial charge on any atom is 0.471 e. The zero-order valence-electron chi connectivity index (χ0n) is 12.5. The number of nitrogens with one attached hydrogen (secondary N) is 1. The smallest absolute Gasteiger partial charge is 0.387 e. The molecule has 2 N–H and O–H groups in total. The molecule has 0 bridgehead atoms. The zero-order valence-corrected chi connectivity index (χ0v) is 12.5. The van der Waals surface area contributed by atoms with E-state index < -0.39 is 42.4 Å². The molecule has 1 aromatic carbocycles. The fourth-order valence-electron chi connectivity index (χ4n) is 2.78. The second kappa shape index (κ2) is 7.16. The van der Waals surface area contributed by atoms with Gasteiger partial charge in [0.25, 0.3) is 0 Å². The molecule has 0 radical (unpaired) electrons. The third-order valence-electron chi connectivity index (χ3n) is 3.97. The molecule has 1 aliphatic rings. The van der Waals surface area contributed by atoms with Crippen LogP contribution >= 0.6 is 0 Å². The van der Waals surface area contributed by atoms with Crippen LogP contribution in [0.4, 0.5) is 17.6 Å². The van der Waals surface area contributed by atoms with Crippen LogP contribution in [0.5, 0.6) is 0 Å². The molecule has 1 saturated heterocycles. The van der Waals surface area contributed by atoms with Gasteiger partial charge >= 0.3 is 12.1 Å². The Morgan fingerprint density at radius 1 is 1.25 bits per heavy atom. The van der Waals surface area contributed by atoms with Crippen molar-refractivity contribution in [2.24, 2.45) is 0 Å². The first-order valence-corrected chi connectivity index (χ1v) is 7.24. The van der Waals surface area contributed by atoms with Crippen molar-refractivity contribution < 1.29 is 32.3 Å². The standard InChI is InChI=1S/C15H16F4N2O3/c16-10-3-1-9(2-4-10)11-5-6-21(13(23)8-22)7-12(11)20-14(24)15(17,18)19/h1-4,11-12,22H,5-8H2,(H,20,24)/t11-,12+/m0/s1. The van der Waals surface area contributed by atoms with E-state index in [0.717, 1.165) is 0 Å². The highest BCUT2D eigenvalue weighted by atomic mass is 19.4. The Hall–Kier alpha value is -2.16. The first-order chi connectivity index (χ1) is 11.2. The molecule has 5 nitrogen and oxygen atoms in total. The molecule has 1 aliphatic heterocycles. The predicted octanol–water partition coefficient (Wildman–Crippen LogP) is 1.18. The monoisotopic (exact) mass is 348 g/mol. The lowest BCUT2D eigenvalue weighted by atomic mass is 9.85. The van der Waals surface area contributed by atoms with Crippen molar-refractivity contribution in [1.29, 1.82) is 0 Å². The molecule has 0 spiro atoms. The first-order valence-electron chi connectivity index (χ1n) is 7.24. The Morgan fingerprint density at radius 2 is 1.88 bits per heavy atom. The molecular weight excluding hydrogens is 332 g/mol. The molecule has 132 valence electrons. The second-order valence-electron chi connectivity index (χ2n) is 5.52. The van der Waals surface area contributed by atoms with E-state index in [0.29, 0.717) is 5.56 Å². The van der Waals surface area contributed by atoms with E-state index in [9.17, 15) is 27.2 Å². The largest absolute Gasteiger partial charge is 0.471 e. The van der Waals surface area contributed by atoms with Gasteiger partial charge in [-0.2, -0.15) is 13.2 Å². The molecule has 0 saturated carbocycles. The molecular formula is C15H16F4N2O3. The van der Waals surface area contributed by atoms with Crippen molar-refractivity contribution in [3.63, 3.8) is 0 Å². The van der Waals surface area contributed by atoms with Crippen molar-refractivity contribution in [2.75, 3.05) is 19.7 Å². The van der Waals surface area contributed by atoms with E-state index in [2.05, 4.69) is 0 Å². The van der Waals surface area contributed by atoms with E-state index >= 15 is 0 Å². The summed E-state index contributed by atoms with van der Waals surface area (Å²) in [5, 5.41) is 10.8. The number of aliphatic hydroxyl groups is 1. The minimum absolute atomic E-state index is 0.163. The number of carbonyl (C=O) groups is 2. The lowest BCUT2D eigenvalue weighted by molar-refractivity contribution is -0.175. The van der Waals surface area contributed by atoms with Crippen LogP contribution in [-0.4, -0.2) is 53.7 Å². The number of alkyl halides is 3. The first kappa shape index (κ1) is 18.2. The van der Waals surface area contributed by atoms with Gasteiger partial charge in [0.2, 0.25) is 5.91 Å². The van der Waals surface area contributed by atoms with E-state index in [1.165, 1.54) is 29.2 Å². The number of aliphatic hydroxyl groups excluding tert-OH is 1. The third-order valence-corrected chi connectivity index (χ3v) is 3.97. The lowest BCUT2D eigenvalue weighted by Crippen LogP contribution is -2.55. The number of hydrogen-bond acceptors (Lipinski definition) is 3. The molecule has 1 fully saturated rings. The Morgan fingerprint density at radius 3 is 2.42 bits per heavy atom. The van der Waals surface area contributed by atoms with Gasteiger partial charge in [-0.05, 0) is 24.1 Å². The van der Waals surface area contributed by atoms with Crippen molar-refractivity contribution in [2.45, 2.75) is 24.6 Å². The third kappa shape index (κ3) is 4.22. The number of piperidine rings is 1. The molecule has 0 aliphatic carbocycles. The van der Waals surface area contributed by atoms with Crippen LogP contribution in [0, 0.1) is 5.82 Å². The van der Waals surface area contributed by atoms with Crippen LogP contribution in [0.1, 0.15) is 17.9 Å². The number of halogens is 4. The van der Waals surface area contributed by atoms with Gasteiger partial charge in [0.05, 0.1) is 6.04 Å². The van der Waals surface area contributed by atoms with Gasteiger partial charge in [-0.3, -0.25) is 9.59 Å². The predicted molar refractivity (Wildman–Crippen MR) is 75.4 cm³/mol. The van der Waals surface area contributed by atoms with Gasteiger partial charge in [-0.1, -0.05) is 12.1 Å². The summed E-state index contributed by atoms with van der Waals surface area (Å²) in [5.74, 6) is -3.71. The number of benzene rings is 1. The number of nitrogens with zero attached hydrogens (tertiary/aromatic N) is 1. The molecule has 9 heteroatoms. The zero-order chi connectivity index (χ0) is 17.9. The Balaban J connectivity index is 2.22. The minimum Gasteiger partial charge on any atom is -0.387 e. The SMILES string of the molecule is O=C(CO)N1CC[C@@H](c2ccc(F)cc2)[C@H](NC(=O)C(F)(F)F)C1. The Labute approximate surface area is 135 Å². The minimum atomic E-state index is -5.05. The maximum atomic E-state index is 13.0. The van der Waals surface area contributed by atoms with E-state index in [1.54, 1.807) is 0 Å². The second-order valence-corrected chi connectivity index (χ2v) is 5.52. The van der Waals surface area contributed by atoms with Crippen LogP contribution in [0.25, 0.3) is 0 Å². The molecule has 0 unspecified atom stereocenters. The highest BCUT2D eigenvalue weighted by Crippen LogP contribution is 2.29. The van der Waals surface area contributed by atoms with Gasteiger partial charge < -0.3 is 15.3 Å². The average molecular weight is 348 g/mol. The van der Waals surface area contributed by atoms with Gasteiger partial charge in [0.15, 0.2) is 0 Å². The van der Waals surface area contributed by atoms with Crippen LogP contribution in [0.3, 0.4) is 0 Å². The van der Waals surface area contributed by atoms with Gasteiger partial charge in [-0.15, -0.1) is 0 Å². The summed E-state index contributed by atoms with van der Waals surface area (Å²) in [6.07, 6.45) is -4.77. The molecule has 2 atom stereocenters. The van der Waals surface area contributed by atoms with E-state index in [4.69, 9.17) is 5.11 Å². The van der Waals surface area contributed by atoms with E-state index in [1.807, 2.05) is 5.32 Å². The lowest BCUT2D eigenvalue weighted by Gasteiger charge is -2.39. The summed E-state index contributed by atoms with van der Waals surface area (Å²) >= 11 is 0. The molecule has 1 aromatic rings. The fraction of sp³-hybridized carbons (Fsp3) is 0.467. The van der Waals surface area contributed by atoms with Crippen LogP contribution in [0.15, 0.2) is 24.3 Å². The number of hydrogen-bond donors (Lipinski definition) is 2. The Kier molecular flexibility index (Phi) is 5.43. The fourth-order valence-corrected chi connectivity index (χ4v) is 2.78. The van der Waals surface area contributed by atoms with Crippen molar-refractivity contribution in [3.8, 4) is 0 Å². The van der Waals surface area contributed by atoms with E-state index in [-0.39, 0.29) is 19.5 Å². The van der Waals surface area contributed by atoms with Crippen molar-refractivity contribution >= 4 is 11.8 Å². The molecule has 2 amide bonds. The van der Waals surface area contributed by atoms with Crippen molar-refractivity contribution in [1.82, 2.24) is 10.2 Å². The number of carbonyl (C=O) groups excluding carboxylic acids is 2. The molecule has 0 aromatic heterocycles. The summed E-state index contributed by atoms with van der Waals surface area (Å²) in [6, 6.07) is 4.26. The summed E-state index contributed by atoms with van der Waals surface area (Å²) in [6.45, 7) is -0.704. The van der Waals surface area contributed by atoms with Crippen LogP contribution in [-0.2, 0) is 9.59 Å². The molecule has 24 heavy (non-hydrogen) atoms. The Bertz CT molecular complexity index is 604. The highest BCUT2D eigenvalue weighted by molar-refractivity contribution is 5.82. The number of amides is 2. The summed E-state index contributed by atoms with van der Waals surface area (Å²) in [4.78, 5) is 24.0. The quantitative estimate of drug-likeness (QED) is 0.806. The number of likely N-dealkylation sites (tertiary alicyclic amines) is 1. The van der Waals surface area contributed by atoms with Crippen LogP contribution in [0.2, 0.25) is 0 Å². The molecule has 1 heterocycles. The number of rotatable bonds is 3. The highest BCUT2D eigenvalue weighted by Gasteiger charge is 2.42. The van der Waals surface area contributed by atoms with Gasteiger partial charge in [0.1, 0.15) is 12.4 Å². The normalized spacial score (nSPS) is 21.5. The average Bonchev–Trinajstić information content (AvgIpc) is 2.54. The summed E-state index contributed by atoms with van der Waals surface area (Å²) in [7, 11) is 0. The van der Waals surface area contributed by atoms with Gasteiger partial charge in [-0.25, -0.2) is 4.39 Å².